The Morgan fingerprint density at radius 2 is 2.12 bits per heavy atom. The zero-order chi connectivity index (χ0) is 13.0. The number of thiazole rings is 1. The van der Waals surface area contributed by atoms with Crippen molar-refractivity contribution in [2.75, 3.05) is 6.61 Å². The van der Waals surface area contributed by atoms with Crippen molar-refractivity contribution in [1.29, 1.82) is 0 Å². The van der Waals surface area contributed by atoms with Gasteiger partial charge in [-0.1, -0.05) is 0 Å². The summed E-state index contributed by atoms with van der Waals surface area (Å²) in [5, 5.41) is 19.9. The molecule has 0 aliphatic heterocycles. The monoisotopic (exact) mass is 259 g/mol. The molecule has 6 heteroatoms. The summed E-state index contributed by atoms with van der Waals surface area (Å²) in [6.45, 7) is 5.67. The quantitative estimate of drug-likeness (QED) is 0.774. The first kappa shape index (κ1) is 14.1. The van der Waals surface area contributed by atoms with Crippen LogP contribution in [0.2, 0.25) is 0 Å². The highest BCUT2D eigenvalue weighted by molar-refractivity contribution is 7.11. The number of hydrogen-bond acceptors (Lipinski definition) is 6. The molecule has 0 saturated heterocycles. The van der Waals surface area contributed by atoms with Crippen molar-refractivity contribution in [3.63, 3.8) is 0 Å². The maximum atomic E-state index is 11.2. The molecular formula is C11H17NO4S. The molecule has 96 valence electrons. The van der Waals surface area contributed by atoms with E-state index < -0.39 is 18.2 Å². The Hall–Kier alpha value is -0.980. The van der Waals surface area contributed by atoms with E-state index in [9.17, 15) is 15.0 Å². The van der Waals surface area contributed by atoms with Gasteiger partial charge in [0, 0.05) is 4.88 Å². The molecule has 0 saturated carbocycles. The van der Waals surface area contributed by atoms with Gasteiger partial charge in [-0.15, -0.1) is 11.3 Å². The van der Waals surface area contributed by atoms with E-state index in [2.05, 4.69) is 4.98 Å². The van der Waals surface area contributed by atoms with Crippen molar-refractivity contribution in [2.45, 2.75) is 39.4 Å². The number of esters is 1. The molecule has 0 bridgehead atoms. The van der Waals surface area contributed by atoms with Gasteiger partial charge in [0.15, 0.2) is 0 Å². The third-order valence-electron chi connectivity index (χ3n) is 2.34. The van der Waals surface area contributed by atoms with Crippen LogP contribution in [0.15, 0.2) is 0 Å². The number of carbonyl (C=O) groups is 1. The van der Waals surface area contributed by atoms with Gasteiger partial charge in [0.05, 0.1) is 24.8 Å². The zero-order valence-corrected chi connectivity index (χ0v) is 11.0. The predicted octanol–water partition coefficient (Wildman–Crippen LogP) is 1.11. The summed E-state index contributed by atoms with van der Waals surface area (Å²) in [5.74, 6) is -0.524. The van der Waals surface area contributed by atoms with Crippen LogP contribution in [0.25, 0.3) is 0 Å². The molecule has 0 aliphatic carbocycles. The first-order chi connectivity index (χ1) is 7.95. The van der Waals surface area contributed by atoms with Crippen LogP contribution < -0.4 is 0 Å². The normalized spacial score (nSPS) is 14.4. The summed E-state index contributed by atoms with van der Waals surface area (Å²) >= 11 is 1.32. The number of hydrogen-bond donors (Lipinski definition) is 2. The van der Waals surface area contributed by atoms with Gasteiger partial charge in [0.1, 0.15) is 11.1 Å². The Morgan fingerprint density at radius 1 is 1.47 bits per heavy atom. The third-order valence-corrected chi connectivity index (χ3v) is 3.49. The van der Waals surface area contributed by atoms with Crippen LogP contribution in [0.4, 0.5) is 0 Å². The summed E-state index contributed by atoms with van der Waals surface area (Å²) in [4.78, 5) is 16.3. The molecule has 0 radical (unpaired) electrons. The molecule has 1 aromatic rings. The number of carbonyl (C=O) groups excluding carboxylic acids is 1. The standard InChI is InChI=1S/C11H17NO4S/c1-4-16-9(14)5-8(13)10(15)11-12-6(2)7(3)17-11/h8,10,13,15H,4-5H2,1-3H3. The first-order valence-electron chi connectivity index (χ1n) is 5.41. The first-order valence-corrected chi connectivity index (χ1v) is 6.23. The van der Waals surface area contributed by atoms with Crippen molar-refractivity contribution in [2.24, 2.45) is 0 Å². The fourth-order valence-electron chi connectivity index (χ4n) is 1.29. The topological polar surface area (TPSA) is 79.7 Å². The zero-order valence-electron chi connectivity index (χ0n) is 10.1. The van der Waals surface area contributed by atoms with Crippen molar-refractivity contribution in [3.8, 4) is 0 Å². The van der Waals surface area contributed by atoms with E-state index in [1.807, 2.05) is 13.8 Å². The van der Waals surface area contributed by atoms with E-state index in [4.69, 9.17) is 4.74 Å². The van der Waals surface area contributed by atoms with Crippen molar-refractivity contribution < 1.29 is 19.7 Å². The fraction of sp³-hybridized carbons (Fsp3) is 0.636. The van der Waals surface area contributed by atoms with E-state index in [1.165, 1.54) is 11.3 Å². The second kappa shape index (κ2) is 6.09. The van der Waals surface area contributed by atoms with Crippen molar-refractivity contribution >= 4 is 17.3 Å². The van der Waals surface area contributed by atoms with E-state index in [0.717, 1.165) is 10.6 Å². The molecule has 2 unspecified atom stereocenters. The highest BCUT2D eigenvalue weighted by Crippen LogP contribution is 2.26. The molecule has 5 nitrogen and oxygen atoms in total. The minimum Gasteiger partial charge on any atom is -0.466 e. The largest absolute Gasteiger partial charge is 0.466 e. The van der Waals surface area contributed by atoms with Crippen LogP contribution in [-0.4, -0.2) is 33.9 Å². The highest BCUT2D eigenvalue weighted by Gasteiger charge is 2.25. The van der Waals surface area contributed by atoms with E-state index in [0.29, 0.717) is 5.01 Å². The van der Waals surface area contributed by atoms with Gasteiger partial charge in [-0.05, 0) is 20.8 Å². The average molecular weight is 259 g/mol. The maximum absolute atomic E-state index is 11.2. The van der Waals surface area contributed by atoms with E-state index in [1.54, 1.807) is 6.92 Å². The van der Waals surface area contributed by atoms with Gasteiger partial charge in [-0.3, -0.25) is 4.79 Å². The van der Waals surface area contributed by atoms with Crippen LogP contribution in [0.3, 0.4) is 0 Å². The number of aliphatic hydroxyl groups excluding tert-OH is 2. The number of ether oxygens (including phenoxy) is 1. The van der Waals surface area contributed by atoms with Crippen LogP contribution >= 0.6 is 11.3 Å². The second-order valence-corrected chi connectivity index (χ2v) is 4.95. The van der Waals surface area contributed by atoms with Gasteiger partial charge in [0.25, 0.3) is 0 Å². The predicted molar refractivity (Wildman–Crippen MR) is 63.8 cm³/mol. The lowest BCUT2D eigenvalue weighted by molar-refractivity contribution is -0.147. The fourth-order valence-corrected chi connectivity index (χ4v) is 2.26. The van der Waals surface area contributed by atoms with Gasteiger partial charge in [-0.25, -0.2) is 4.98 Å². The molecule has 2 N–H and O–H groups in total. The highest BCUT2D eigenvalue weighted by atomic mass is 32.1. The van der Waals surface area contributed by atoms with Gasteiger partial charge < -0.3 is 14.9 Å². The number of aliphatic hydroxyl groups is 2. The minimum atomic E-state index is -1.18. The molecule has 1 aromatic heterocycles. The lowest BCUT2D eigenvalue weighted by Gasteiger charge is -2.14. The average Bonchev–Trinajstić information content (AvgIpc) is 2.58. The van der Waals surface area contributed by atoms with E-state index in [-0.39, 0.29) is 13.0 Å². The van der Waals surface area contributed by atoms with Crippen LogP contribution in [0.5, 0.6) is 0 Å². The van der Waals surface area contributed by atoms with E-state index >= 15 is 0 Å². The molecule has 1 heterocycles. The summed E-state index contributed by atoms with van der Waals surface area (Å²) in [6.07, 6.45) is -2.55. The molecular weight excluding hydrogens is 242 g/mol. The number of nitrogens with zero attached hydrogens (tertiary/aromatic N) is 1. The van der Waals surface area contributed by atoms with Gasteiger partial charge in [0.2, 0.25) is 0 Å². The van der Waals surface area contributed by atoms with Crippen molar-refractivity contribution in [3.05, 3.63) is 15.6 Å². The Labute approximate surface area is 104 Å². The molecule has 17 heavy (non-hydrogen) atoms. The lowest BCUT2D eigenvalue weighted by atomic mass is 10.1. The molecule has 0 fully saturated rings. The Kier molecular flexibility index (Phi) is 5.04. The molecule has 0 spiro atoms. The van der Waals surface area contributed by atoms with Crippen LogP contribution in [-0.2, 0) is 9.53 Å². The number of aryl methyl sites for hydroxylation is 2. The van der Waals surface area contributed by atoms with Gasteiger partial charge >= 0.3 is 5.97 Å². The van der Waals surface area contributed by atoms with Gasteiger partial charge in [-0.2, -0.15) is 0 Å². The number of aromatic nitrogens is 1. The summed E-state index contributed by atoms with van der Waals surface area (Å²) in [5.41, 5.74) is 0.826. The Morgan fingerprint density at radius 3 is 2.59 bits per heavy atom. The van der Waals surface area contributed by atoms with Crippen LogP contribution in [0, 0.1) is 13.8 Å². The lowest BCUT2D eigenvalue weighted by Crippen LogP contribution is -2.23. The molecule has 1 rings (SSSR count). The second-order valence-electron chi connectivity index (χ2n) is 3.72. The number of rotatable bonds is 5. The molecule has 0 aliphatic rings. The van der Waals surface area contributed by atoms with Crippen LogP contribution in [0.1, 0.15) is 35.0 Å². The third kappa shape index (κ3) is 3.76. The smallest absolute Gasteiger partial charge is 0.308 e. The Balaban J connectivity index is 2.63. The van der Waals surface area contributed by atoms with Crippen molar-refractivity contribution in [1.82, 2.24) is 4.98 Å². The summed E-state index contributed by atoms with van der Waals surface area (Å²) in [6, 6.07) is 0. The summed E-state index contributed by atoms with van der Waals surface area (Å²) < 4.78 is 4.70. The minimum absolute atomic E-state index is 0.229. The SMILES string of the molecule is CCOC(=O)CC(O)C(O)c1nc(C)c(C)s1. The molecule has 0 amide bonds. The Bertz CT molecular complexity index is 371. The maximum Gasteiger partial charge on any atom is 0.308 e. The summed E-state index contributed by atoms with van der Waals surface area (Å²) in [7, 11) is 0. The molecule has 2 atom stereocenters. The molecule has 0 aromatic carbocycles.